The Morgan fingerprint density at radius 3 is 2.50 bits per heavy atom. The zero-order chi connectivity index (χ0) is 13.8. The fraction of sp³-hybridized carbons (Fsp3) is 0.538. The lowest BCUT2D eigenvalue weighted by atomic mass is 10.1. The highest BCUT2D eigenvalue weighted by Crippen LogP contribution is 2.22. The van der Waals surface area contributed by atoms with Gasteiger partial charge in [-0.25, -0.2) is 13.1 Å². The number of anilines is 1. The number of nitrogens with one attached hydrogen (secondary N) is 1. The van der Waals surface area contributed by atoms with E-state index >= 15 is 0 Å². The van der Waals surface area contributed by atoms with Crippen LogP contribution in [-0.4, -0.2) is 14.5 Å². The van der Waals surface area contributed by atoms with Crippen LogP contribution in [0.5, 0.6) is 0 Å². The van der Waals surface area contributed by atoms with E-state index < -0.39 is 10.0 Å². The van der Waals surface area contributed by atoms with Crippen molar-refractivity contribution in [1.29, 1.82) is 0 Å². The van der Waals surface area contributed by atoms with Gasteiger partial charge in [0.2, 0.25) is 10.0 Å². The molecule has 18 heavy (non-hydrogen) atoms. The molecular weight excluding hydrogens is 248 g/mol. The number of nitrogens with two attached hydrogens (primary N) is 1. The van der Waals surface area contributed by atoms with Crippen LogP contribution in [0.2, 0.25) is 0 Å². The maximum absolute atomic E-state index is 12.3. The average Bonchev–Trinajstić information content (AvgIpc) is 2.27. The fourth-order valence-electron chi connectivity index (χ4n) is 2.02. The number of aryl methyl sites for hydroxylation is 1. The highest BCUT2D eigenvalue weighted by atomic mass is 32.2. The molecule has 3 N–H and O–H groups in total. The number of nitrogen functional groups attached to an aromatic ring is 1. The first-order valence-electron chi connectivity index (χ1n) is 6.29. The summed E-state index contributed by atoms with van der Waals surface area (Å²) in [5, 5.41) is 0. The Hall–Kier alpha value is -1.07. The molecule has 0 fully saturated rings. The minimum absolute atomic E-state index is 0.0287. The standard InChI is InChI=1S/C13H22N2O2S/c1-4-7-11(5-2)15-18(16,17)13-10(3)8-6-9-12(13)14/h6,8-9,11,15H,4-5,7,14H2,1-3H3. The summed E-state index contributed by atoms with van der Waals surface area (Å²) in [6.45, 7) is 5.77. The van der Waals surface area contributed by atoms with Gasteiger partial charge in [0.25, 0.3) is 0 Å². The molecule has 4 nitrogen and oxygen atoms in total. The van der Waals surface area contributed by atoms with Crippen LogP contribution in [0.1, 0.15) is 38.7 Å². The first-order valence-corrected chi connectivity index (χ1v) is 7.78. The Morgan fingerprint density at radius 1 is 1.33 bits per heavy atom. The van der Waals surface area contributed by atoms with E-state index in [0.29, 0.717) is 11.3 Å². The van der Waals surface area contributed by atoms with Gasteiger partial charge >= 0.3 is 0 Å². The molecule has 5 heteroatoms. The summed E-state index contributed by atoms with van der Waals surface area (Å²) in [6, 6.07) is 5.10. The van der Waals surface area contributed by atoms with Crippen LogP contribution < -0.4 is 10.5 Å². The molecule has 0 aliphatic heterocycles. The molecule has 102 valence electrons. The Balaban J connectivity index is 3.06. The number of hydrogen-bond acceptors (Lipinski definition) is 3. The third kappa shape index (κ3) is 3.46. The average molecular weight is 270 g/mol. The molecule has 0 radical (unpaired) electrons. The Kier molecular flexibility index (Phi) is 5.16. The number of rotatable bonds is 6. The molecular formula is C13H22N2O2S. The van der Waals surface area contributed by atoms with Crippen molar-refractivity contribution >= 4 is 15.7 Å². The van der Waals surface area contributed by atoms with Crippen molar-refractivity contribution in [3.63, 3.8) is 0 Å². The molecule has 1 aromatic carbocycles. The van der Waals surface area contributed by atoms with Gasteiger partial charge in [-0.1, -0.05) is 32.4 Å². The normalized spacial score (nSPS) is 13.5. The van der Waals surface area contributed by atoms with Gasteiger partial charge in [0.05, 0.1) is 5.69 Å². The summed E-state index contributed by atoms with van der Waals surface area (Å²) < 4.78 is 27.4. The van der Waals surface area contributed by atoms with Gasteiger partial charge in [-0.15, -0.1) is 0 Å². The molecule has 1 aromatic rings. The first-order chi connectivity index (χ1) is 8.42. The second-order valence-electron chi connectivity index (χ2n) is 4.51. The highest BCUT2D eigenvalue weighted by molar-refractivity contribution is 7.89. The SMILES string of the molecule is CCCC(CC)NS(=O)(=O)c1c(C)cccc1N. The topological polar surface area (TPSA) is 72.2 Å². The van der Waals surface area contributed by atoms with E-state index in [1.807, 2.05) is 13.8 Å². The maximum atomic E-state index is 12.3. The van der Waals surface area contributed by atoms with E-state index in [1.165, 1.54) is 0 Å². The van der Waals surface area contributed by atoms with Crippen molar-refractivity contribution in [1.82, 2.24) is 4.72 Å². The molecule has 1 unspecified atom stereocenters. The first kappa shape index (κ1) is 15.0. The molecule has 0 aliphatic carbocycles. The van der Waals surface area contributed by atoms with Crippen molar-refractivity contribution in [3.8, 4) is 0 Å². The van der Waals surface area contributed by atoms with E-state index in [2.05, 4.69) is 4.72 Å². The third-order valence-corrected chi connectivity index (χ3v) is 4.70. The Bertz CT molecular complexity index is 477. The summed E-state index contributed by atoms with van der Waals surface area (Å²) in [7, 11) is -3.53. The molecule has 1 rings (SSSR count). The molecule has 0 saturated carbocycles. The van der Waals surface area contributed by atoms with E-state index in [-0.39, 0.29) is 10.9 Å². The Labute approximate surface area is 110 Å². The van der Waals surface area contributed by atoms with Gasteiger partial charge in [-0.3, -0.25) is 0 Å². The summed E-state index contributed by atoms with van der Waals surface area (Å²) in [6.07, 6.45) is 2.56. The molecule has 0 aromatic heterocycles. The second-order valence-corrected chi connectivity index (χ2v) is 6.16. The van der Waals surface area contributed by atoms with Crippen LogP contribution in [0.15, 0.2) is 23.1 Å². The van der Waals surface area contributed by atoms with Crippen molar-refractivity contribution in [3.05, 3.63) is 23.8 Å². The second kappa shape index (κ2) is 6.20. The van der Waals surface area contributed by atoms with E-state index in [1.54, 1.807) is 25.1 Å². The van der Waals surface area contributed by atoms with E-state index in [9.17, 15) is 8.42 Å². The van der Waals surface area contributed by atoms with Gasteiger partial charge in [-0.2, -0.15) is 0 Å². The molecule has 0 bridgehead atoms. The van der Waals surface area contributed by atoms with E-state index in [4.69, 9.17) is 5.73 Å². The van der Waals surface area contributed by atoms with Crippen LogP contribution in [0.25, 0.3) is 0 Å². The number of benzene rings is 1. The summed E-state index contributed by atoms with van der Waals surface area (Å²) in [4.78, 5) is 0.208. The van der Waals surface area contributed by atoms with Crippen LogP contribution >= 0.6 is 0 Å². The minimum Gasteiger partial charge on any atom is -0.398 e. The third-order valence-electron chi connectivity index (χ3n) is 2.96. The van der Waals surface area contributed by atoms with Crippen LogP contribution in [0.4, 0.5) is 5.69 Å². The van der Waals surface area contributed by atoms with Crippen LogP contribution in [0, 0.1) is 6.92 Å². The molecule has 0 heterocycles. The summed E-state index contributed by atoms with van der Waals surface area (Å²) in [5.41, 5.74) is 6.75. The summed E-state index contributed by atoms with van der Waals surface area (Å²) in [5.74, 6) is 0. The minimum atomic E-state index is -3.53. The molecule has 1 atom stereocenters. The van der Waals surface area contributed by atoms with E-state index in [0.717, 1.165) is 19.3 Å². The largest absolute Gasteiger partial charge is 0.398 e. The van der Waals surface area contributed by atoms with Gasteiger partial charge in [0.15, 0.2) is 0 Å². The van der Waals surface area contributed by atoms with Crippen molar-refractivity contribution < 1.29 is 8.42 Å². The van der Waals surface area contributed by atoms with Crippen LogP contribution in [0.3, 0.4) is 0 Å². The van der Waals surface area contributed by atoms with Crippen molar-refractivity contribution in [2.45, 2.75) is 51.0 Å². The van der Waals surface area contributed by atoms with Gasteiger partial charge in [-0.05, 0) is 31.4 Å². The Morgan fingerprint density at radius 2 is 2.00 bits per heavy atom. The highest BCUT2D eigenvalue weighted by Gasteiger charge is 2.22. The van der Waals surface area contributed by atoms with Gasteiger partial charge < -0.3 is 5.73 Å². The molecule has 0 spiro atoms. The predicted molar refractivity (Wildman–Crippen MR) is 74.9 cm³/mol. The zero-order valence-electron chi connectivity index (χ0n) is 11.2. The molecule has 0 saturated heterocycles. The monoisotopic (exact) mass is 270 g/mol. The van der Waals surface area contributed by atoms with Gasteiger partial charge in [0.1, 0.15) is 4.90 Å². The predicted octanol–water partition coefficient (Wildman–Crippen LogP) is 2.43. The van der Waals surface area contributed by atoms with Crippen molar-refractivity contribution in [2.75, 3.05) is 5.73 Å². The van der Waals surface area contributed by atoms with Gasteiger partial charge in [0, 0.05) is 6.04 Å². The number of sulfonamides is 1. The summed E-state index contributed by atoms with van der Waals surface area (Å²) >= 11 is 0. The fourth-order valence-corrected chi connectivity index (χ4v) is 3.73. The molecule has 0 amide bonds. The quantitative estimate of drug-likeness (QED) is 0.780. The lowest BCUT2D eigenvalue weighted by molar-refractivity contribution is 0.512. The zero-order valence-corrected chi connectivity index (χ0v) is 12.0. The lowest BCUT2D eigenvalue weighted by Crippen LogP contribution is -2.35. The molecule has 0 aliphatic rings. The lowest BCUT2D eigenvalue weighted by Gasteiger charge is -2.18. The maximum Gasteiger partial charge on any atom is 0.243 e. The van der Waals surface area contributed by atoms with Crippen molar-refractivity contribution in [2.24, 2.45) is 0 Å². The van der Waals surface area contributed by atoms with Crippen LogP contribution in [-0.2, 0) is 10.0 Å². The number of hydrogen-bond donors (Lipinski definition) is 2. The smallest absolute Gasteiger partial charge is 0.243 e.